The minimum absolute atomic E-state index is 0.164. The Morgan fingerprint density at radius 1 is 0.586 bits per heavy atom. The Bertz CT molecular complexity index is 1370. The van der Waals surface area contributed by atoms with Crippen LogP contribution in [0.4, 0.5) is 0 Å². The van der Waals surface area contributed by atoms with Crippen molar-refractivity contribution in [1.82, 2.24) is 0 Å². The van der Waals surface area contributed by atoms with E-state index in [4.69, 9.17) is 22.3 Å². The Balaban J connectivity index is 0.000000166. The first-order valence-electron chi connectivity index (χ1n) is 8.43. The fourth-order valence-corrected chi connectivity index (χ4v) is 5.30. The van der Waals surface area contributed by atoms with Crippen LogP contribution in [-0.4, -0.2) is 22.0 Å². The molecule has 0 aliphatic carbocycles. The number of hydrogen-bond acceptors (Lipinski definition) is 4. The van der Waals surface area contributed by atoms with Gasteiger partial charge in [-0.05, 0) is 22.9 Å². The molecule has 0 saturated heterocycles. The molecule has 0 unspecified atom stereocenters. The lowest BCUT2D eigenvalue weighted by Gasteiger charge is -2.04. The molecule has 0 saturated carbocycles. The van der Waals surface area contributed by atoms with Gasteiger partial charge in [-0.3, -0.25) is 0 Å². The second-order valence-electron chi connectivity index (χ2n) is 6.12. The van der Waals surface area contributed by atoms with Gasteiger partial charge in [0.25, 0.3) is 9.05 Å². The highest BCUT2D eigenvalue weighted by atomic mass is 35.7. The number of halogens is 2. The average molecular weight is 467 g/mol. The molecule has 0 amide bonds. The molecule has 0 aromatic heterocycles. The van der Waals surface area contributed by atoms with Gasteiger partial charge in [0.15, 0.2) is 9.84 Å². The van der Waals surface area contributed by atoms with E-state index in [1.807, 2.05) is 42.5 Å². The monoisotopic (exact) mass is 466 g/mol. The number of benzene rings is 4. The molecule has 0 spiro atoms. The van der Waals surface area contributed by atoms with Gasteiger partial charge in [0, 0.05) is 21.5 Å². The van der Waals surface area contributed by atoms with Crippen molar-refractivity contribution in [3.05, 3.63) is 84.9 Å². The van der Waals surface area contributed by atoms with Crippen LogP contribution < -0.4 is 0 Å². The van der Waals surface area contributed by atoms with Crippen LogP contribution in [0.15, 0.2) is 94.7 Å². The summed E-state index contributed by atoms with van der Waals surface area (Å²) in [7, 11) is -1.71. The SMILES string of the molecule is O=S(=O)(CCl)c1cccc2ccccc12.O=S(=O)(Cl)c1cccc2ccccc12. The van der Waals surface area contributed by atoms with Crippen molar-refractivity contribution in [3.63, 3.8) is 0 Å². The topological polar surface area (TPSA) is 68.3 Å². The molecule has 8 heteroatoms. The first-order chi connectivity index (χ1) is 13.7. The van der Waals surface area contributed by atoms with E-state index < -0.39 is 18.9 Å². The highest BCUT2D eigenvalue weighted by Gasteiger charge is 2.15. The van der Waals surface area contributed by atoms with Crippen LogP contribution >= 0.6 is 22.3 Å². The summed E-state index contributed by atoms with van der Waals surface area (Å²) in [5, 5.41) is 2.77. The molecular weight excluding hydrogens is 451 g/mol. The first kappa shape index (κ1) is 21.6. The van der Waals surface area contributed by atoms with Crippen molar-refractivity contribution >= 4 is 62.7 Å². The standard InChI is InChI=1S/C11H9ClO2S.C10H7ClO2S/c12-8-15(13,14)11-7-3-5-9-4-1-2-6-10(9)11;11-14(12,13)10-7-3-5-8-4-1-2-6-9(8)10/h1-7H,8H2;1-7H. The normalized spacial score (nSPS) is 11.8. The van der Waals surface area contributed by atoms with Gasteiger partial charge in [-0.15, -0.1) is 11.6 Å². The maximum absolute atomic E-state index is 11.7. The molecular formula is C21H16Cl2O4S2. The van der Waals surface area contributed by atoms with Gasteiger partial charge in [-0.2, -0.15) is 0 Å². The average Bonchev–Trinajstić information content (AvgIpc) is 2.72. The molecule has 0 heterocycles. The van der Waals surface area contributed by atoms with Gasteiger partial charge < -0.3 is 0 Å². The fourth-order valence-electron chi connectivity index (χ4n) is 2.93. The largest absolute Gasteiger partial charge is 0.261 e. The lowest BCUT2D eigenvalue weighted by Crippen LogP contribution is -2.02. The molecule has 0 bridgehead atoms. The van der Waals surface area contributed by atoms with E-state index in [9.17, 15) is 16.8 Å². The first-order valence-corrected chi connectivity index (χ1v) is 12.9. The maximum atomic E-state index is 11.7. The van der Waals surface area contributed by atoms with E-state index in [-0.39, 0.29) is 10.1 Å². The van der Waals surface area contributed by atoms with Gasteiger partial charge in [-0.25, -0.2) is 16.8 Å². The lowest BCUT2D eigenvalue weighted by atomic mass is 10.1. The van der Waals surface area contributed by atoms with Crippen molar-refractivity contribution in [2.75, 3.05) is 5.21 Å². The fraction of sp³-hybridized carbons (Fsp3) is 0.0476. The molecule has 0 radical (unpaired) electrons. The lowest BCUT2D eigenvalue weighted by molar-refractivity contribution is 0.601. The van der Waals surface area contributed by atoms with Crippen molar-refractivity contribution in [3.8, 4) is 0 Å². The molecule has 0 N–H and O–H groups in total. The van der Waals surface area contributed by atoms with Gasteiger partial charge >= 0.3 is 0 Å². The minimum atomic E-state index is -3.66. The number of alkyl halides is 1. The number of fused-ring (bicyclic) bond motifs is 2. The highest BCUT2D eigenvalue weighted by molar-refractivity contribution is 8.14. The Hall–Kier alpha value is -2.12. The van der Waals surface area contributed by atoms with Crippen LogP contribution in [0.1, 0.15) is 0 Å². The van der Waals surface area contributed by atoms with Crippen LogP contribution in [0.5, 0.6) is 0 Å². The van der Waals surface area contributed by atoms with E-state index in [2.05, 4.69) is 0 Å². The van der Waals surface area contributed by atoms with E-state index in [1.54, 1.807) is 36.4 Å². The molecule has 4 rings (SSSR count). The highest BCUT2D eigenvalue weighted by Crippen LogP contribution is 2.25. The van der Waals surface area contributed by atoms with Gasteiger partial charge in [-0.1, -0.05) is 72.8 Å². The Morgan fingerprint density at radius 3 is 1.48 bits per heavy atom. The second kappa shape index (κ2) is 8.71. The van der Waals surface area contributed by atoms with Crippen molar-refractivity contribution in [2.45, 2.75) is 9.79 Å². The van der Waals surface area contributed by atoms with Gasteiger partial charge in [0.1, 0.15) is 5.21 Å². The molecule has 4 nitrogen and oxygen atoms in total. The molecule has 0 atom stereocenters. The zero-order valence-electron chi connectivity index (χ0n) is 15.0. The summed E-state index contributed by atoms with van der Waals surface area (Å²) in [5.41, 5.74) is 0. The third-order valence-corrected chi connectivity index (χ3v) is 7.80. The summed E-state index contributed by atoms with van der Waals surface area (Å²) < 4.78 is 45.8. The molecule has 150 valence electrons. The van der Waals surface area contributed by atoms with E-state index >= 15 is 0 Å². The predicted molar refractivity (Wildman–Crippen MR) is 119 cm³/mol. The Labute approximate surface area is 179 Å². The number of hydrogen-bond donors (Lipinski definition) is 0. The van der Waals surface area contributed by atoms with Crippen LogP contribution in [0.25, 0.3) is 21.5 Å². The third-order valence-electron chi connectivity index (χ3n) is 4.24. The summed E-state index contributed by atoms with van der Waals surface area (Å²) in [6, 6.07) is 24.8. The minimum Gasteiger partial charge on any atom is -0.222 e. The maximum Gasteiger partial charge on any atom is 0.261 e. The third kappa shape index (κ3) is 4.90. The summed E-state index contributed by atoms with van der Waals surface area (Å²) in [6.07, 6.45) is 0. The van der Waals surface area contributed by atoms with Crippen LogP contribution in [0, 0.1) is 0 Å². The van der Waals surface area contributed by atoms with E-state index in [0.717, 1.165) is 16.2 Å². The predicted octanol–water partition coefficient (Wildman–Crippen LogP) is 5.58. The zero-order chi connectivity index (χ0) is 21.1. The number of sulfone groups is 1. The Morgan fingerprint density at radius 2 is 1.00 bits per heavy atom. The second-order valence-corrected chi connectivity index (χ2v) is 11.2. The quantitative estimate of drug-likeness (QED) is 0.292. The molecule has 4 aromatic rings. The van der Waals surface area contributed by atoms with Crippen molar-refractivity contribution < 1.29 is 16.8 Å². The van der Waals surface area contributed by atoms with Gasteiger partial charge in [0.2, 0.25) is 0 Å². The summed E-state index contributed by atoms with van der Waals surface area (Å²) in [5.74, 6) is 0. The summed E-state index contributed by atoms with van der Waals surface area (Å²) >= 11 is 5.44. The smallest absolute Gasteiger partial charge is 0.222 e. The summed E-state index contributed by atoms with van der Waals surface area (Å²) in [4.78, 5) is 0.466. The molecule has 0 aliphatic rings. The van der Waals surface area contributed by atoms with Crippen LogP contribution in [0.2, 0.25) is 0 Å². The molecule has 0 aliphatic heterocycles. The van der Waals surface area contributed by atoms with Crippen LogP contribution in [0.3, 0.4) is 0 Å². The Kier molecular flexibility index (Phi) is 6.49. The van der Waals surface area contributed by atoms with Crippen LogP contribution in [-0.2, 0) is 18.9 Å². The molecule has 0 fully saturated rings. The summed E-state index contributed by atoms with van der Waals surface area (Å²) in [6.45, 7) is 0. The van der Waals surface area contributed by atoms with Crippen molar-refractivity contribution in [1.29, 1.82) is 0 Å². The van der Waals surface area contributed by atoms with Crippen molar-refractivity contribution in [2.24, 2.45) is 0 Å². The molecule has 29 heavy (non-hydrogen) atoms. The van der Waals surface area contributed by atoms with E-state index in [1.165, 1.54) is 6.07 Å². The molecule has 4 aromatic carbocycles. The van der Waals surface area contributed by atoms with E-state index in [0.29, 0.717) is 10.3 Å². The zero-order valence-corrected chi connectivity index (χ0v) is 18.1. The van der Waals surface area contributed by atoms with Gasteiger partial charge in [0.05, 0.1) is 9.79 Å². The number of rotatable bonds is 3.